The standard InChI is InChI=1S/C8H17B/c1-3-5-8(2)6-4-7-9/h8H,3-7H2,1-2H3. The van der Waals surface area contributed by atoms with E-state index in [1.54, 1.807) is 0 Å². The summed E-state index contributed by atoms with van der Waals surface area (Å²) in [6.07, 6.45) is 6.03. The van der Waals surface area contributed by atoms with Crippen molar-refractivity contribution < 1.29 is 0 Å². The van der Waals surface area contributed by atoms with Crippen molar-refractivity contribution in [2.75, 3.05) is 0 Å². The summed E-state index contributed by atoms with van der Waals surface area (Å²) in [4.78, 5) is 0. The summed E-state index contributed by atoms with van der Waals surface area (Å²) in [6.45, 7) is 4.54. The molecule has 0 N–H and O–H groups in total. The molecule has 0 heterocycles. The van der Waals surface area contributed by atoms with Crippen molar-refractivity contribution in [3.05, 3.63) is 0 Å². The zero-order valence-corrected chi connectivity index (χ0v) is 6.69. The molecule has 0 aromatic heterocycles. The Hall–Kier alpha value is 0.0649. The van der Waals surface area contributed by atoms with Gasteiger partial charge in [0.2, 0.25) is 0 Å². The normalized spacial score (nSPS) is 13.6. The predicted molar refractivity (Wildman–Crippen MR) is 43.9 cm³/mol. The van der Waals surface area contributed by atoms with Gasteiger partial charge in [0.05, 0.1) is 7.85 Å². The second-order valence-electron chi connectivity index (χ2n) is 2.82. The lowest BCUT2D eigenvalue weighted by molar-refractivity contribution is 0.480. The topological polar surface area (TPSA) is 0 Å². The van der Waals surface area contributed by atoms with Crippen LogP contribution in [0.3, 0.4) is 0 Å². The second kappa shape index (κ2) is 6.19. The lowest BCUT2D eigenvalue weighted by Gasteiger charge is -2.07. The lowest BCUT2D eigenvalue weighted by atomic mass is 9.93. The van der Waals surface area contributed by atoms with Crippen LogP contribution in [0.2, 0.25) is 6.32 Å². The van der Waals surface area contributed by atoms with Crippen molar-refractivity contribution in [3.8, 4) is 0 Å². The van der Waals surface area contributed by atoms with Crippen LogP contribution in [0.25, 0.3) is 0 Å². The van der Waals surface area contributed by atoms with Crippen LogP contribution < -0.4 is 0 Å². The molecule has 0 nitrogen and oxygen atoms in total. The first-order chi connectivity index (χ1) is 4.31. The van der Waals surface area contributed by atoms with Crippen LogP contribution in [0, 0.1) is 5.92 Å². The van der Waals surface area contributed by atoms with Crippen LogP contribution in [-0.4, -0.2) is 7.85 Å². The fraction of sp³-hybridized carbons (Fsp3) is 1.00. The van der Waals surface area contributed by atoms with Gasteiger partial charge in [-0.2, -0.15) is 0 Å². The van der Waals surface area contributed by atoms with Crippen LogP contribution in [0.1, 0.15) is 39.5 Å². The summed E-state index contributed by atoms with van der Waals surface area (Å²) in [5.74, 6) is 0.888. The molecule has 0 saturated heterocycles. The summed E-state index contributed by atoms with van der Waals surface area (Å²) < 4.78 is 0. The molecule has 1 unspecified atom stereocenters. The van der Waals surface area contributed by atoms with Gasteiger partial charge in [-0.05, 0) is 5.92 Å². The Balaban J connectivity index is 2.95. The Morgan fingerprint density at radius 1 is 1.33 bits per heavy atom. The van der Waals surface area contributed by atoms with E-state index in [1.165, 1.54) is 25.7 Å². The number of hydrogen-bond donors (Lipinski definition) is 0. The van der Waals surface area contributed by atoms with Gasteiger partial charge in [-0.25, -0.2) is 0 Å². The first kappa shape index (κ1) is 9.06. The molecular weight excluding hydrogens is 107 g/mol. The molecule has 1 heteroatoms. The molecule has 2 radical (unpaired) electrons. The molecule has 0 aromatic rings. The molecule has 9 heavy (non-hydrogen) atoms. The van der Waals surface area contributed by atoms with Crippen molar-refractivity contribution in [1.82, 2.24) is 0 Å². The van der Waals surface area contributed by atoms with Gasteiger partial charge in [-0.3, -0.25) is 0 Å². The molecule has 0 aliphatic carbocycles. The van der Waals surface area contributed by atoms with Crippen LogP contribution >= 0.6 is 0 Å². The summed E-state index contributed by atoms with van der Waals surface area (Å²) >= 11 is 0. The summed E-state index contributed by atoms with van der Waals surface area (Å²) in [7, 11) is 5.37. The van der Waals surface area contributed by atoms with E-state index in [0.717, 1.165) is 12.2 Å². The highest BCUT2D eigenvalue weighted by Crippen LogP contribution is 2.12. The predicted octanol–water partition coefficient (Wildman–Crippen LogP) is 2.79. The van der Waals surface area contributed by atoms with E-state index >= 15 is 0 Å². The molecule has 1 atom stereocenters. The van der Waals surface area contributed by atoms with E-state index in [2.05, 4.69) is 13.8 Å². The maximum atomic E-state index is 5.37. The highest BCUT2D eigenvalue weighted by atomic mass is 14.0. The minimum atomic E-state index is 0.855. The van der Waals surface area contributed by atoms with E-state index in [1.807, 2.05) is 0 Å². The molecule has 0 fully saturated rings. The van der Waals surface area contributed by atoms with Gasteiger partial charge in [0.25, 0.3) is 0 Å². The SMILES string of the molecule is [B]CCCC(C)CCC. The van der Waals surface area contributed by atoms with E-state index in [9.17, 15) is 0 Å². The maximum Gasteiger partial charge on any atom is 0.0653 e. The van der Waals surface area contributed by atoms with Crippen molar-refractivity contribution in [1.29, 1.82) is 0 Å². The van der Waals surface area contributed by atoms with Gasteiger partial charge in [0.15, 0.2) is 0 Å². The first-order valence-electron chi connectivity index (χ1n) is 4.01. The Kier molecular flexibility index (Phi) is 6.23. The molecule has 0 aliphatic rings. The van der Waals surface area contributed by atoms with Crippen LogP contribution in [0.5, 0.6) is 0 Å². The fourth-order valence-electron chi connectivity index (χ4n) is 1.10. The van der Waals surface area contributed by atoms with Gasteiger partial charge in [-0.1, -0.05) is 45.9 Å². The highest BCUT2D eigenvalue weighted by Gasteiger charge is 1.97. The Labute approximate surface area is 60.4 Å². The molecule has 0 aliphatic heterocycles. The lowest BCUT2D eigenvalue weighted by Crippen LogP contribution is -1.92. The quantitative estimate of drug-likeness (QED) is 0.494. The zero-order valence-electron chi connectivity index (χ0n) is 6.69. The van der Waals surface area contributed by atoms with E-state index in [-0.39, 0.29) is 0 Å². The Bertz CT molecular complexity index is 52.5. The highest BCUT2D eigenvalue weighted by molar-refractivity contribution is 6.08. The van der Waals surface area contributed by atoms with Crippen molar-refractivity contribution >= 4 is 7.85 Å². The van der Waals surface area contributed by atoms with E-state index in [0.29, 0.717) is 0 Å². The monoisotopic (exact) mass is 124 g/mol. The molecule has 0 amide bonds. The molecular formula is C8H17B. The van der Waals surface area contributed by atoms with Crippen LogP contribution in [-0.2, 0) is 0 Å². The average Bonchev–Trinajstić information content (AvgIpc) is 1.85. The summed E-state index contributed by atoms with van der Waals surface area (Å²) in [5, 5.41) is 0. The van der Waals surface area contributed by atoms with E-state index < -0.39 is 0 Å². The van der Waals surface area contributed by atoms with Gasteiger partial charge < -0.3 is 0 Å². The number of hydrogen-bond acceptors (Lipinski definition) is 0. The largest absolute Gasteiger partial charge is 0.0887 e. The van der Waals surface area contributed by atoms with Crippen molar-refractivity contribution in [3.63, 3.8) is 0 Å². The van der Waals surface area contributed by atoms with Gasteiger partial charge >= 0.3 is 0 Å². The molecule has 0 spiro atoms. The van der Waals surface area contributed by atoms with Gasteiger partial charge in [0.1, 0.15) is 0 Å². The molecule has 0 rings (SSSR count). The molecule has 0 aromatic carbocycles. The smallest absolute Gasteiger partial charge is 0.0653 e. The van der Waals surface area contributed by atoms with Crippen molar-refractivity contribution in [2.45, 2.75) is 45.9 Å². The van der Waals surface area contributed by atoms with E-state index in [4.69, 9.17) is 7.85 Å². The van der Waals surface area contributed by atoms with Gasteiger partial charge in [0, 0.05) is 0 Å². The zero-order chi connectivity index (χ0) is 7.11. The molecule has 52 valence electrons. The minimum absolute atomic E-state index is 0.855. The average molecular weight is 124 g/mol. The number of rotatable bonds is 5. The fourth-order valence-corrected chi connectivity index (χ4v) is 1.10. The first-order valence-corrected chi connectivity index (χ1v) is 4.01. The van der Waals surface area contributed by atoms with Crippen LogP contribution in [0.15, 0.2) is 0 Å². The Morgan fingerprint density at radius 2 is 2.00 bits per heavy atom. The van der Waals surface area contributed by atoms with Crippen molar-refractivity contribution in [2.24, 2.45) is 5.92 Å². The summed E-state index contributed by atoms with van der Waals surface area (Å²) in [6, 6.07) is 0. The Morgan fingerprint density at radius 3 is 2.44 bits per heavy atom. The maximum absolute atomic E-state index is 5.37. The van der Waals surface area contributed by atoms with Gasteiger partial charge in [-0.15, -0.1) is 0 Å². The van der Waals surface area contributed by atoms with Crippen LogP contribution in [0.4, 0.5) is 0 Å². The third-order valence-corrected chi connectivity index (χ3v) is 1.68. The summed E-state index contributed by atoms with van der Waals surface area (Å²) in [5.41, 5.74) is 0. The third-order valence-electron chi connectivity index (χ3n) is 1.68. The molecule has 0 saturated carbocycles. The third kappa shape index (κ3) is 5.94. The molecule has 0 bridgehead atoms. The minimum Gasteiger partial charge on any atom is -0.0887 e. The second-order valence-corrected chi connectivity index (χ2v) is 2.82.